The highest BCUT2D eigenvalue weighted by molar-refractivity contribution is 9.10. The molecule has 3 aromatic carbocycles. The van der Waals surface area contributed by atoms with Crippen molar-refractivity contribution >= 4 is 27.5 Å². The molecule has 0 atom stereocenters. The number of methoxy groups -OCH3 is 3. The third-order valence-electron chi connectivity index (χ3n) is 4.22. The van der Waals surface area contributed by atoms with Crippen molar-refractivity contribution in [2.45, 2.75) is 0 Å². The molecule has 0 saturated heterocycles. The van der Waals surface area contributed by atoms with Gasteiger partial charge in [0.2, 0.25) is 0 Å². The molecular formula is C22H20BrNO6. The summed E-state index contributed by atoms with van der Waals surface area (Å²) in [6.45, 7) is 0. The van der Waals surface area contributed by atoms with Gasteiger partial charge < -0.3 is 29.4 Å². The fraction of sp³-hybridized carbons (Fsp3) is 0.136. The van der Waals surface area contributed by atoms with Gasteiger partial charge in [-0.05, 0) is 64.5 Å². The van der Waals surface area contributed by atoms with Crippen LogP contribution in [0, 0.1) is 0 Å². The zero-order chi connectivity index (χ0) is 21.7. The summed E-state index contributed by atoms with van der Waals surface area (Å²) in [7, 11) is 4.54. The third-order valence-corrected chi connectivity index (χ3v) is 4.82. The first kappa shape index (κ1) is 21.3. The van der Waals surface area contributed by atoms with Crippen molar-refractivity contribution in [3.05, 3.63) is 64.6 Å². The molecule has 0 aliphatic rings. The SMILES string of the molecule is COc1ccc(Oc2cc(NC(=O)c3cc(Br)c(O)c(OC)c3)ccc2OC)cc1. The maximum Gasteiger partial charge on any atom is 0.255 e. The van der Waals surface area contributed by atoms with E-state index in [0.29, 0.717) is 38.7 Å². The van der Waals surface area contributed by atoms with Crippen LogP contribution >= 0.6 is 15.9 Å². The second-order valence-corrected chi connectivity index (χ2v) is 6.96. The molecule has 0 radical (unpaired) electrons. The average molecular weight is 474 g/mol. The van der Waals surface area contributed by atoms with Crippen LogP contribution in [0.1, 0.15) is 10.4 Å². The van der Waals surface area contributed by atoms with Crippen molar-refractivity contribution in [1.29, 1.82) is 0 Å². The number of nitrogens with one attached hydrogen (secondary N) is 1. The van der Waals surface area contributed by atoms with Crippen LogP contribution < -0.4 is 24.3 Å². The summed E-state index contributed by atoms with van der Waals surface area (Å²) in [5.74, 6) is 1.98. The van der Waals surface area contributed by atoms with Crippen molar-refractivity contribution in [1.82, 2.24) is 0 Å². The summed E-state index contributed by atoms with van der Waals surface area (Å²) < 4.78 is 21.9. The first-order chi connectivity index (χ1) is 14.4. The van der Waals surface area contributed by atoms with E-state index < -0.39 is 0 Å². The number of anilines is 1. The Hall–Kier alpha value is -3.39. The zero-order valence-corrected chi connectivity index (χ0v) is 18.1. The number of hydrogen-bond acceptors (Lipinski definition) is 6. The van der Waals surface area contributed by atoms with E-state index in [1.54, 1.807) is 49.6 Å². The lowest BCUT2D eigenvalue weighted by Gasteiger charge is -2.14. The number of hydrogen-bond donors (Lipinski definition) is 2. The lowest BCUT2D eigenvalue weighted by Crippen LogP contribution is -2.12. The number of benzene rings is 3. The van der Waals surface area contributed by atoms with Crippen LogP contribution in [0.4, 0.5) is 5.69 Å². The van der Waals surface area contributed by atoms with Crippen molar-refractivity contribution in [2.75, 3.05) is 26.6 Å². The highest BCUT2D eigenvalue weighted by Gasteiger charge is 2.15. The van der Waals surface area contributed by atoms with Gasteiger partial charge in [0.1, 0.15) is 11.5 Å². The second-order valence-electron chi connectivity index (χ2n) is 6.11. The van der Waals surface area contributed by atoms with Crippen LogP contribution in [0.25, 0.3) is 0 Å². The number of phenolic OH excluding ortho intramolecular Hbond substituents is 1. The van der Waals surface area contributed by atoms with Gasteiger partial charge in [-0.15, -0.1) is 0 Å². The van der Waals surface area contributed by atoms with Gasteiger partial charge in [0.15, 0.2) is 23.0 Å². The minimum absolute atomic E-state index is 0.0753. The summed E-state index contributed by atoms with van der Waals surface area (Å²) in [5, 5.41) is 12.7. The van der Waals surface area contributed by atoms with E-state index in [0.717, 1.165) is 0 Å². The molecule has 0 aliphatic heterocycles. The molecule has 30 heavy (non-hydrogen) atoms. The molecule has 0 fully saturated rings. The standard InChI is InChI=1S/C22H20BrNO6/c1-27-15-5-7-16(8-6-15)30-19-12-14(4-9-18(19)28-2)24-22(26)13-10-17(23)21(25)20(11-13)29-3/h4-12,25H,1-3H3,(H,24,26). The van der Waals surface area contributed by atoms with Crippen LogP contribution in [-0.2, 0) is 0 Å². The van der Waals surface area contributed by atoms with Gasteiger partial charge in [-0.2, -0.15) is 0 Å². The summed E-state index contributed by atoms with van der Waals surface area (Å²) >= 11 is 3.21. The topological polar surface area (TPSA) is 86.3 Å². The molecule has 0 heterocycles. The van der Waals surface area contributed by atoms with E-state index >= 15 is 0 Å². The minimum atomic E-state index is -0.380. The Labute approximate surface area is 182 Å². The Bertz CT molecular complexity index is 1050. The number of rotatable bonds is 7. The van der Waals surface area contributed by atoms with Crippen LogP contribution in [-0.4, -0.2) is 32.3 Å². The third kappa shape index (κ3) is 4.77. The van der Waals surface area contributed by atoms with E-state index in [1.165, 1.54) is 26.4 Å². The van der Waals surface area contributed by atoms with Crippen LogP contribution in [0.15, 0.2) is 59.1 Å². The average Bonchev–Trinajstić information content (AvgIpc) is 2.76. The van der Waals surface area contributed by atoms with Gasteiger partial charge in [-0.25, -0.2) is 0 Å². The Morgan fingerprint density at radius 3 is 2.13 bits per heavy atom. The smallest absolute Gasteiger partial charge is 0.255 e. The molecular weight excluding hydrogens is 454 g/mol. The van der Waals surface area contributed by atoms with Crippen LogP contribution in [0.3, 0.4) is 0 Å². The molecule has 2 N–H and O–H groups in total. The van der Waals surface area contributed by atoms with E-state index in [9.17, 15) is 9.90 Å². The number of halogens is 1. The van der Waals surface area contributed by atoms with Crippen LogP contribution in [0.2, 0.25) is 0 Å². The summed E-state index contributed by atoms with van der Waals surface area (Å²) in [6.07, 6.45) is 0. The predicted molar refractivity (Wildman–Crippen MR) is 116 cm³/mol. The fourth-order valence-corrected chi connectivity index (χ4v) is 3.11. The number of carbonyl (C=O) groups excluding carboxylic acids is 1. The van der Waals surface area contributed by atoms with Gasteiger partial charge >= 0.3 is 0 Å². The molecule has 0 saturated carbocycles. The highest BCUT2D eigenvalue weighted by Crippen LogP contribution is 2.37. The molecule has 0 bridgehead atoms. The van der Waals surface area contributed by atoms with E-state index in [-0.39, 0.29) is 17.4 Å². The van der Waals surface area contributed by atoms with Crippen molar-refractivity contribution in [3.8, 4) is 34.5 Å². The normalized spacial score (nSPS) is 10.3. The quantitative estimate of drug-likeness (QED) is 0.488. The predicted octanol–water partition coefficient (Wildman–Crippen LogP) is 5.23. The molecule has 156 valence electrons. The molecule has 0 aromatic heterocycles. The first-order valence-corrected chi connectivity index (χ1v) is 9.62. The van der Waals surface area contributed by atoms with E-state index in [4.69, 9.17) is 18.9 Å². The summed E-state index contributed by atoms with van der Waals surface area (Å²) in [5.41, 5.74) is 0.817. The van der Waals surface area contributed by atoms with E-state index in [2.05, 4.69) is 21.2 Å². The summed E-state index contributed by atoms with van der Waals surface area (Å²) in [4.78, 5) is 12.7. The highest BCUT2D eigenvalue weighted by atomic mass is 79.9. The maximum atomic E-state index is 12.7. The Balaban J connectivity index is 1.83. The lowest BCUT2D eigenvalue weighted by molar-refractivity contribution is 0.102. The van der Waals surface area contributed by atoms with E-state index in [1.807, 2.05) is 0 Å². The largest absolute Gasteiger partial charge is 0.503 e. The van der Waals surface area contributed by atoms with Crippen molar-refractivity contribution in [3.63, 3.8) is 0 Å². The lowest BCUT2D eigenvalue weighted by atomic mass is 10.1. The van der Waals surface area contributed by atoms with Gasteiger partial charge in [-0.3, -0.25) is 4.79 Å². The number of aromatic hydroxyl groups is 1. The van der Waals surface area contributed by atoms with Crippen molar-refractivity contribution in [2.24, 2.45) is 0 Å². The molecule has 1 amide bonds. The maximum absolute atomic E-state index is 12.7. The first-order valence-electron chi connectivity index (χ1n) is 8.83. The molecule has 3 rings (SSSR count). The summed E-state index contributed by atoms with van der Waals surface area (Å²) in [6, 6.07) is 15.1. The molecule has 3 aromatic rings. The molecule has 0 spiro atoms. The molecule has 7 nitrogen and oxygen atoms in total. The fourth-order valence-electron chi connectivity index (χ4n) is 2.67. The number of ether oxygens (including phenoxy) is 4. The number of amides is 1. The second kappa shape index (κ2) is 9.41. The monoisotopic (exact) mass is 473 g/mol. The Morgan fingerprint density at radius 1 is 0.833 bits per heavy atom. The molecule has 0 unspecified atom stereocenters. The van der Waals surface area contributed by atoms with Gasteiger partial charge in [-0.1, -0.05) is 0 Å². The molecule has 0 aliphatic carbocycles. The number of carbonyl (C=O) groups is 1. The zero-order valence-electron chi connectivity index (χ0n) is 16.6. The number of phenols is 1. The molecule has 8 heteroatoms. The minimum Gasteiger partial charge on any atom is -0.503 e. The van der Waals surface area contributed by atoms with Gasteiger partial charge in [0.05, 0.1) is 25.8 Å². The van der Waals surface area contributed by atoms with Crippen LogP contribution in [0.5, 0.6) is 34.5 Å². The Morgan fingerprint density at radius 2 is 1.50 bits per heavy atom. The van der Waals surface area contributed by atoms with Crippen molar-refractivity contribution < 1.29 is 28.8 Å². The van der Waals surface area contributed by atoms with Gasteiger partial charge in [0, 0.05) is 17.3 Å². The van der Waals surface area contributed by atoms with Gasteiger partial charge in [0.25, 0.3) is 5.91 Å². The Kier molecular flexibility index (Phi) is 6.68.